The lowest BCUT2D eigenvalue weighted by Gasteiger charge is -2.07. The van der Waals surface area contributed by atoms with Crippen LogP contribution in [-0.4, -0.2) is 14.9 Å². The largest absolute Gasteiger partial charge is 0.493 e. The molecule has 1 N–H and O–H groups in total. The molecule has 1 aromatic heterocycles. The van der Waals surface area contributed by atoms with E-state index in [0.717, 1.165) is 13.8 Å². The Labute approximate surface area is 114 Å². The van der Waals surface area contributed by atoms with Crippen molar-refractivity contribution in [2.24, 2.45) is 0 Å². The fourth-order valence-electron chi connectivity index (χ4n) is 1.54. The average Bonchev–Trinajstić information content (AvgIpc) is 2.60. The standard InChI is InChI=1S/C11H8F3IN2O/c1-6-4-7(15)2-3-8(6)17-10(18)5-9(16-17)11(12,13)14/h2-5,18H,1H3. The Morgan fingerprint density at radius 2 is 1.94 bits per heavy atom. The molecule has 0 spiro atoms. The number of halogens is 4. The molecule has 1 heterocycles. The smallest absolute Gasteiger partial charge is 0.435 e. The summed E-state index contributed by atoms with van der Waals surface area (Å²) in [6.45, 7) is 1.74. The van der Waals surface area contributed by atoms with Crippen LogP contribution in [0.5, 0.6) is 5.88 Å². The van der Waals surface area contributed by atoms with Crippen molar-refractivity contribution in [2.45, 2.75) is 13.1 Å². The minimum absolute atomic E-state index is 0.420. The first-order chi connectivity index (χ1) is 8.29. The highest BCUT2D eigenvalue weighted by molar-refractivity contribution is 14.1. The van der Waals surface area contributed by atoms with E-state index in [9.17, 15) is 18.3 Å². The molecule has 0 aliphatic heterocycles. The Morgan fingerprint density at radius 1 is 1.28 bits per heavy atom. The SMILES string of the molecule is Cc1cc(I)ccc1-n1nc(C(F)(F)F)cc1O. The predicted molar refractivity (Wildman–Crippen MR) is 67.7 cm³/mol. The zero-order valence-electron chi connectivity index (χ0n) is 9.16. The van der Waals surface area contributed by atoms with Crippen molar-refractivity contribution >= 4 is 22.6 Å². The van der Waals surface area contributed by atoms with Gasteiger partial charge < -0.3 is 5.11 Å². The summed E-state index contributed by atoms with van der Waals surface area (Å²) in [4.78, 5) is 0. The van der Waals surface area contributed by atoms with Gasteiger partial charge in [0.2, 0.25) is 5.88 Å². The number of aryl methyl sites for hydroxylation is 1. The van der Waals surface area contributed by atoms with Gasteiger partial charge in [0, 0.05) is 9.64 Å². The first kappa shape index (κ1) is 13.2. The van der Waals surface area contributed by atoms with E-state index in [1.807, 2.05) is 0 Å². The highest BCUT2D eigenvalue weighted by atomic mass is 127. The summed E-state index contributed by atoms with van der Waals surface area (Å²) in [7, 11) is 0. The Bertz CT molecular complexity index is 592. The maximum Gasteiger partial charge on any atom is 0.435 e. The first-order valence-electron chi connectivity index (χ1n) is 4.92. The maximum absolute atomic E-state index is 12.5. The van der Waals surface area contributed by atoms with Gasteiger partial charge in [-0.3, -0.25) is 0 Å². The van der Waals surface area contributed by atoms with E-state index < -0.39 is 17.8 Å². The van der Waals surface area contributed by atoms with Gasteiger partial charge in [0.15, 0.2) is 5.69 Å². The second-order valence-electron chi connectivity index (χ2n) is 3.73. The van der Waals surface area contributed by atoms with Gasteiger partial charge in [-0.15, -0.1) is 0 Å². The van der Waals surface area contributed by atoms with Gasteiger partial charge in [-0.05, 0) is 53.3 Å². The molecular weight excluding hydrogens is 360 g/mol. The van der Waals surface area contributed by atoms with Crippen molar-refractivity contribution in [3.8, 4) is 11.6 Å². The van der Waals surface area contributed by atoms with Gasteiger partial charge in [-0.1, -0.05) is 0 Å². The van der Waals surface area contributed by atoms with Gasteiger partial charge in [0.1, 0.15) is 0 Å². The van der Waals surface area contributed by atoms with Gasteiger partial charge in [0.25, 0.3) is 0 Å². The number of rotatable bonds is 1. The zero-order valence-corrected chi connectivity index (χ0v) is 11.3. The van der Waals surface area contributed by atoms with Crippen molar-refractivity contribution in [1.29, 1.82) is 0 Å². The van der Waals surface area contributed by atoms with Crippen LogP contribution in [0, 0.1) is 10.5 Å². The van der Waals surface area contributed by atoms with Crippen molar-refractivity contribution in [3.63, 3.8) is 0 Å². The fourth-order valence-corrected chi connectivity index (χ4v) is 2.19. The molecule has 0 radical (unpaired) electrons. The van der Waals surface area contributed by atoms with Crippen molar-refractivity contribution in [2.75, 3.05) is 0 Å². The lowest BCUT2D eigenvalue weighted by atomic mass is 10.2. The van der Waals surface area contributed by atoms with Crippen LogP contribution in [0.4, 0.5) is 13.2 Å². The summed E-state index contributed by atoms with van der Waals surface area (Å²) in [5, 5.41) is 12.9. The molecular formula is C11H8F3IN2O. The quantitative estimate of drug-likeness (QED) is 0.783. The molecule has 2 rings (SSSR count). The van der Waals surface area contributed by atoms with Gasteiger partial charge in [-0.2, -0.15) is 18.3 Å². The fraction of sp³-hybridized carbons (Fsp3) is 0.182. The van der Waals surface area contributed by atoms with Crippen molar-refractivity contribution < 1.29 is 18.3 Å². The summed E-state index contributed by atoms with van der Waals surface area (Å²) in [5.74, 6) is -0.536. The van der Waals surface area contributed by atoms with E-state index in [2.05, 4.69) is 27.7 Å². The molecule has 0 fully saturated rings. The molecule has 0 aliphatic rings. The molecule has 0 saturated carbocycles. The number of nitrogens with zero attached hydrogens (tertiary/aromatic N) is 2. The average molecular weight is 368 g/mol. The Kier molecular flexibility index (Phi) is 3.26. The molecule has 2 aromatic rings. The summed E-state index contributed by atoms with van der Waals surface area (Å²) in [5.41, 5.74) is 0.0374. The molecule has 7 heteroatoms. The van der Waals surface area contributed by atoms with Gasteiger partial charge in [0.05, 0.1) is 5.69 Å². The van der Waals surface area contributed by atoms with Crippen LogP contribution in [0.25, 0.3) is 5.69 Å². The van der Waals surface area contributed by atoms with E-state index in [4.69, 9.17) is 0 Å². The molecule has 0 amide bonds. The lowest BCUT2D eigenvalue weighted by Crippen LogP contribution is -2.07. The van der Waals surface area contributed by atoms with Crippen LogP contribution in [0.2, 0.25) is 0 Å². The van der Waals surface area contributed by atoms with Crippen molar-refractivity contribution in [3.05, 3.63) is 39.1 Å². The van der Waals surface area contributed by atoms with E-state index in [-0.39, 0.29) is 0 Å². The molecule has 0 aliphatic carbocycles. The molecule has 0 bridgehead atoms. The summed E-state index contributed by atoms with van der Waals surface area (Å²) in [6.07, 6.45) is -4.57. The third kappa shape index (κ3) is 2.45. The third-order valence-corrected chi connectivity index (χ3v) is 3.04. The van der Waals surface area contributed by atoms with Crippen LogP contribution in [-0.2, 0) is 6.18 Å². The molecule has 3 nitrogen and oxygen atoms in total. The Balaban J connectivity index is 2.55. The molecule has 0 saturated heterocycles. The van der Waals surface area contributed by atoms with Crippen molar-refractivity contribution in [1.82, 2.24) is 9.78 Å². The summed E-state index contributed by atoms with van der Waals surface area (Å²) < 4.78 is 39.3. The van der Waals surface area contributed by atoms with Crippen LogP contribution < -0.4 is 0 Å². The number of benzene rings is 1. The lowest BCUT2D eigenvalue weighted by molar-refractivity contribution is -0.141. The number of aromatic hydroxyl groups is 1. The Hall–Kier alpha value is -1.25. The number of aromatic nitrogens is 2. The monoisotopic (exact) mass is 368 g/mol. The van der Waals surface area contributed by atoms with Crippen LogP contribution >= 0.6 is 22.6 Å². The zero-order chi connectivity index (χ0) is 13.5. The molecule has 0 unspecified atom stereocenters. The van der Waals surface area contributed by atoms with E-state index in [1.54, 1.807) is 25.1 Å². The number of alkyl halides is 3. The highest BCUT2D eigenvalue weighted by Crippen LogP contribution is 2.32. The second-order valence-corrected chi connectivity index (χ2v) is 4.97. The first-order valence-corrected chi connectivity index (χ1v) is 5.99. The van der Waals surface area contributed by atoms with Crippen LogP contribution in [0.3, 0.4) is 0 Å². The Morgan fingerprint density at radius 3 is 2.44 bits per heavy atom. The molecule has 0 atom stereocenters. The van der Waals surface area contributed by atoms with E-state index >= 15 is 0 Å². The molecule has 18 heavy (non-hydrogen) atoms. The summed E-state index contributed by atoms with van der Waals surface area (Å²) >= 11 is 2.10. The topological polar surface area (TPSA) is 38.0 Å². The number of hydrogen-bond acceptors (Lipinski definition) is 2. The van der Waals surface area contributed by atoms with E-state index in [1.165, 1.54) is 0 Å². The summed E-state index contributed by atoms with van der Waals surface area (Å²) in [6, 6.07) is 5.75. The van der Waals surface area contributed by atoms with Gasteiger partial charge >= 0.3 is 6.18 Å². The van der Waals surface area contributed by atoms with E-state index in [0.29, 0.717) is 11.8 Å². The molecule has 96 valence electrons. The number of hydrogen-bond donors (Lipinski definition) is 1. The third-order valence-electron chi connectivity index (χ3n) is 2.37. The highest BCUT2D eigenvalue weighted by Gasteiger charge is 2.35. The second kappa shape index (κ2) is 4.45. The normalized spacial score (nSPS) is 11.8. The van der Waals surface area contributed by atoms with Gasteiger partial charge in [-0.25, -0.2) is 4.68 Å². The van der Waals surface area contributed by atoms with Crippen LogP contribution in [0.1, 0.15) is 11.3 Å². The minimum Gasteiger partial charge on any atom is -0.493 e. The molecule has 1 aromatic carbocycles. The maximum atomic E-state index is 12.5. The minimum atomic E-state index is -4.57. The predicted octanol–water partition coefficient (Wildman–Crippen LogP) is 3.51. The van der Waals surface area contributed by atoms with Crippen LogP contribution in [0.15, 0.2) is 24.3 Å².